The van der Waals surface area contributed by atoms with Crippen LogP contribution >= 0.6 is 11.8 Å². The molecule has 0 unspecified atom stereocenters. The van der Waals surface area contributed by atoms with E-state index in [1.807, 2.05) is 29.2 Å². The molecule has 6 nitrogen and oxygen atoms in total. The third-order valence-electron chi connectivity index (χ3n) is 4.10. The molecular weight excluding hydrogens is 360 g/mol. The Labute approximate surface area is 163 Å². The molecule has 0 atom stereocenters. The minimum Gasteiger partial charge on any atom is -0.340 e. The molecule has 7 heteroatoms. The Hall–Kier alpha value is -2.67. The Morgan fingerprint density at radius 1 is 1.15 bits per heavy atom. The van der Waals surface area contributed by atoms with Crippen LogP contribution in [0.3, 0.4) is 0 Å². The molecule has 0 spiro atoms. The predicted molar refractivity (Wildman–Crippen MR) is 105 cm³/mol. The molecule has 0 aliphatic carbocycles. The second-order valence-corrected chi connectivity index (χ2v) is 7.25. The maximum Gasteiger partial charge on any atom is 0.233 e. The van der Waals surface area contributed by atoms with Crippen LogP contribution in [0.2, 0.25) is 0 Å². The lowest BCUT2D eigenvalue weighted by molar-refractivity contribution is -0.129. The molecule has 27 heavy (non-hydrogen) atoms. The number of carbonyl (C=O) groups is 1. The molecule has 2 aromatic heterocycles. The fourth-order valence-electron chi connectivity index (χ4n) is 2.66. The highest BCUT2D eigenvalue weighted by atomic mass is 32.2. The first kappa shape index (κ1) is 19.1. The number of nitrogens with zero attached hydrogens (tertiary/aromatic N) is 4. The number of pyridine rings is 1. The number of rotatable bonds is 8. The largest absolute Gasteiger partial charge is 0.340 e. The van der Waals surface area contributed by atoms with Gasteiger partial charge >= 0.3 is 0 Å². The Morgan fingerprint density at radius 2 is 2.00 bits per heavy atom. The third-order valence-corrected chi connectivity index (χ3v) is 5.01. The Kier molecular flexibility index (Phi) is 6.59. The molecule has 3 aromatic rings. The van der Waals surface area contributed by atoms with Crippen molar-refractivity contribution in [1.29, 1.82) is 0 Å². The normalized spacial score (nSPS) is 10.7. The molecule has 1 amide bonds. The summed E-state index contributed by atoms with van der Waals surface area (Å²) < 4.78 is 4.96. The molecule has 0 aliphatic rings. The maximum atomic E-state index is 12.9. The molecule has 0 fully saturated rings. The van der Waals surface area contributed by atoms with E-state index in [1.54, 1.807) is 19.3 Å². The summed E-state index contributed by atoms with van der Waals surface area (Å²) >= 11 is 1.49. The van der Waals surface area contributed by atoms with E-state index < -0.39 is 0 Å². The molecule has 0 saturated carbocycles. The van der Waals surface area contributed by atoms with E-state index in [9.17, 15) is 4.79 Å². The van der Waals surface area contributed by atoms with Gasteiger partial charge < -0.3 is 9.42 Å². The average Bonchev–Trinajstić information content (AvgIpc) is 3.09. The second-order valence-electron chi connectivity index (χ2n) is 6.26. The molecule has 2 heterocycles. The van der Waals surface area contributed by atoms with Crippen molar-refractivity contribution in [3.05, 3.63) is 77.2 Å². The summed E-state index contributed by atoms with van der Waals surface area (Å²) in [7, 11) is 0. The quantitative estimate of drug-likeness (QED) is 0.593. The van der Waals surface area contributed by atoms with Crippen molar-refractivity contribution in [1.82, 2.24) is 20.0 Å². The lowest BCUT2D eigenvalue weighted by atomic mass is 10.1. The number of aryl methyl sites for hydroxylation is 2. The molecule has 0 N–H and O–H groups in total. The standard InChI is InChI=1S/C20H22N4O2S/c1-15-6-3-4-8-18(15)12-24(11-17-7-5-9-21-10-17)20(25)14-27-13-19-22-16(2)26-23-19/h3-10H,11-14H2,1-2H3. The number of benzene rings is 1. The SMILES string of the molecule is Cc1nc(CSCC(=O)N(Cc2cccnc2)Cc2ccccc2C)no1. The Bertz CT molecular complexity index is 882. The lowest BCUT2D eigenvalue weighted by Crippen LogP contribution is -2.32. The van der Waals surface area contributed by atoms with E-state index in [0.29, 0.717) is 36.3 Å². The van der Waals surface area contributed by atoms with E-state index in [1.165, 1.54) is 17.3 Å². The molecule has 140 valence electrons. The van der Waals surface area contributed by atoms with Gasteiger partial charge in [0.25, 0.3) is 0 Å². The van der Waals surface area contributed by atoms with Crippen molar-refractivity contribution in [3.63, 3.8) is 0 Å². The van der Waals surface area contributed by atoms with Crippen molar-refractivity contribution in [2.24, 2.45) is 0 Å². The number of thioether (sulfide) groups is 1. The topological polar surface area (TPSA) is 72.1 Å². The van der Waals surface area contributed by atoms with Gasteiger partial charge in [0.15, 0.2) is 5.82 Å². The number of carbonyl (C=O) groups excluding carboxylic acids is 1. The first-order valence-corrected chi connectivity index (χ1v) is 9.85. The fraction of sp³-hybridized carbons (Fsp3) is 0.300. The fourth-order valence-corrected chi connectivity index (χ4v) is 3.42. The van der Waals surface area contributed by atoms with Crippen LogP contribution in [0, 0.1) is 13.8 Å². The molecule has 0 radical (unpaired) electrons. The van der Waals surface area contributed by atoms with Gasteiger partial charge in [0, 0.05) is 32.4 Å². The third kappa shape index (κ3) is 5.65. The van der Waals surface area contributed by atoms with E-state index >= 15 is 0 Å². The van der Waals surface area contributed by atoms with E-state index in [4.69, 9.17) is 4.52 Å². The molecule has 3 rings (SSSR count). The molecular formula is C20H22N4O2S. The van der Waals surface area contributed by atoms with Crippen molar-refractivity contribution < 1.29 is 9.32 Å². The summed E-state index contributed by atoms with van der Waals surface area (Å²) in [5, 5.41) is 3.86. The number of hydrogen-bond acceptors (Lipinski definition) is 6. The summed E-state index contributed by atoms with van der Waals surface area (Å²) in [5.41, 5.74) is 3.34. The smallest absolute Gasteiger partial charge is 0.233 e. The Balaban J connectivity index is 1.66. The second kappa shape index (κ2) is 9.32. The van der Waals surface area contributed by atoms with Crippen molar-refractivity contribution in [3.8, 4) is 0 Å². The number of hydrogen-bond donors (Lipinski definition) is 0. The zero-order chi connectivity index (χ0) is 19.1. The van der Waals surface area contributed by atoms with Crippen LogP contribution in [0.4, 0.5) is 0 Å². The van der Waals surface area contributed by atoms with Crippen molar-refractivity contribution in [2.45, 2.75) is 32.7 Å². The van der Waals surface area contributed by atoms with Gasteiger partial charge in [0.05, 0.1) is 11.5 Å². The van der Waals surface area contributed by atoms with Gasteiger partial charge in [0.1, 0.15) is 0 Å². The first-order valence-electron chi connectivity index (χ1n) is 8.70. The van der Waals surface area contributed by atoms with E-state index in [-0.39, 0.29) is 5.91 Å². The summed E-state index contributed by atoms with van der Waals surface area (Å²) in [4.78, 5) is 23.1. The van der Waals surface area contributed by atoms with Crippen molar-refractivity contribution in [2.75, 3.05) is 5.75 Å². The van der Waals surface area contributed by atoms with Crippen LogP contribution in [0.1, 0.15) is 28.4 Å². The van der Waals surface area contributed by atoms with Gasteiger partial charge in [-0.1, -0.05) is 35.5 Å². The highest BCUT2D eigenvalue weighted by Gasteiger charge is 2.16. The van der Waals surface area contributed by atoms with Crippen LogP contribution in [-0.4, -0.2) is 31.7 Å². The number of amides is 1. The summed E-state index contributed by atoms with van der Waals surface area (Å²) in [6, 6.07) is 12.0. The average molecular weight is 382 g/mol. The van der Waals surface area contributed by atoms with Crippen LogP contribution in [0.25, 0.3) is 0 Å². The van der Waals surface area contributed by atoms with Crippen LogP contribution in [-0.2, 0) is 23.6 Å². The molecule has 0 bridgehead atoms. The monoisotopic (exact) mass is 382 g/mol. The van der Waals surface area contributed by atoms with Gasteiger partial charge in [-0.2, -0.15) is 4.98 Å². The van der Waals surface area contributed by atoms with Gasteiger partial charge in [-0.05, 0) is 29.7 Å². The molecule has 1 aromatic carbocycles. The summed E-state index contributed by atoms with van der Waals surface area (Å²) in [6.07, 6.45) is 3.53. The van der Waals surface area contributed by atoms with Crippen molar-refractivity contribution >= 4 is 17.7 Å². The Morgan fingerprint density at radius 3 is 2.70 bits per heavy atom. The van der Waals surface area contributed by atoms with E-state index in [2.05, 4.69) is 34.2 Å². The van der Waals surface area contributed by atoms with Crippen LogP contribution in [0.15, 0.2) is 53.3 Å². The minimum atomic E-state index is 0.0762. The molecule has 0 aliphatic heterocycles. The molecule has 0 saturated heterocycles. The van der Waals surface area contributed by atoms with Gasteiger partial charge in [-0.3, -0.25) is 9.78 Å². The minimum absolute atomic E-state index is 0.0762. The summed E-state index contributed by atoms with van der Waals surface area (Å²) in [6.45, 7) is 4.92. The van der Waals surface area contributed by atoms with E-state index in [0.717, 1.165) is 11.1 Å². The highest BCUT2D eigenvalue weighted by molar-refractivity contribution is 7.99. The maximum absolute atomic E-state index is 12.9. The zero-order valence-electron chi connectivity index (χ0n) is 15.5. The zero-order valence-corrected chi connectivity index (χ0v) is 16.3. The van der Waals surface area contributed by atoms with Gasteiger partial charge in [-0.25, -0.2) is 0 Å². The first-order chi connectivity index (χ1) is 13.1. The lowest BCUT2D eigenvalue weighted by Gasteiger charge is -2.23. The summed E-state index contributed by atoms with van der Waals surface area (Å²) in [5.74, 6) is 2.14. The number of aromatic nitrogens is 3. The predicted octanol–water partition coefficient (Wildman–Crippen LogP) is 3.54. The van der Waals surface area contributed by atoms with Gasteiger partial charge in [-0.15, -0.1) is 11.8 Å². The van der Waals surface area contributed by atoms with Crippen LogP contribution in [0.5, 0.6) is 0 Å². The van der Waals surface area contributed by atoms with Gasteiger partial charge in [0.2, 0.25) is 11.8 Å². The highest BCUT2D eigenvalue weighted by Crippen LogP contribution is 2.16. The van der Waals surface area contributed by atoms with Crippen LogP contribution < -0.4 is 0 Å².